The first-order valence-electron chi connectivity index (χ1n) is 8.39. The van der Waals surface area contributed by atoms with Crippen molar-refractivity contribution >= 4 is 17.1 Å². The SMILES string of the molecule is Nc1c(NCCOc2nonc2C(Cc2ccc(F)c(C(F)F)c2)=NO)c(=O)c1=O. The van der Waals surface area contributed by atoms with Crippen LogP contribution < -0.4 is 26.6 Å². The molecule has 3 rings (SSSR count). The lowest BCUT2D eigenvalue weighted by molar-refractivity contribution is 0.146. The molecule has 0 unspecified atom stereocenters. The van der Waals surface area contributed by atoms with E-state index in [9.17, 15) is 28.0 Å². The number of ether oxygens (including phenoxy) is 1. The van der Waals surface area contributed by atoms with E-state index in [-0.39, 0.29) is 53.8 Å². The van der Waals surface area contributed by atoms with Gasteiger partial charge in [0.15, 0.2) is 5.69 Å². The van der Waals surface area contributed by atoms with Gasteiger partial charge in [0.2, 0.25) is 0 Å². The summed E-state index contributed by atoms with van der Waals surface area (Å²) < 4.78 is 49.0. The zero-order chi connectivity index (χ0) is 21.8. The van der Waals surface area contributed by atoms with Crippen LogP contribution in [0.1, 0.15) is 23.2 Å². The number of rotatable bonds is 9. The highest BCUT2D eigenvalue weighted by Crippen LogP contribution is 2.24. The van der Waals surface area contributed by atoms with Crippen molar-refractivity contribution < 1.29 is 27.7 Å². The van der Waals surface area contributed by atoms with E-state index in [1.807, 2.05) is 0 Å². The monoisotopic (exact) mass is 425 g/mol. The van der Waals surface area contributed by atoms with E-state index in [2.05, 4.69) is 25.4 Å². The van der Waals surface area contributed by atoms with Crippen molar-refractivity contribution in [2.75, 3.05) is 24.2 Å². The maximum Gasteiger partial charge on any atom is 0.285 e. The Morgan fingerprint density at radius 2 is 2.07 bits per heavy atom. The number of hydrogen-bond donors (Lipinski definition) is 3. The van der Waals surface area contributed by atoms with Crippen molar-refractivity contribution in [3.63, 3.8) is 0 Å². The first-order valence-corrected chi connectivity index (χ1v) is 8.39. The zero-order valence-corrected chi connectivity index (χ0v) is 15.1. The van der Waals surface area contributed by atoms with Crippen LogP contribution in [0.4, 0.5) is 24.5 Å². The van der Waals surface area contributed by atoms with Gasteiger partial charge in [-0.25, -0.2) is 17.8 Å². The van der Waals surface area contributed by atoms with E-state index in [1.54, 1.807) is 0 Å². The molecule has 0 aliphatic heterocycles. The number of nitrogens with two attached hydrogens (primary N) is 1. The van der Waals surface area contributed by atoms with E-state index in [0.717, 1.165) is 12.1 Å². The number of anilines is 2. The molecule has 2 aromatic carbocycles. The zero-order valence-electron chi connectivity index (χ0n) is 15.1. The van der Waals surface area contributed by atoms with Crippen molar-refractivity contribution in [1.29, 1.82) is 0 Å². The standard InChI is InChI=1S/C17H14F3N5O5/c18-9-2-1-7(5-8(9)16(19)20)6-10(23-28)12-17(25-30-24-12)29-4-3-22-13-11(21)14(26)15(13)27/h1-2,5,16,22,28H,3-4,6,21H2. The summed E-state index contributed by atoms with van der Waals surface area (Å²) in [5.41, 5.74) is 2.93. The Balaban J connectivity index is 1.65. The Bertz CT molecular complexity index is 1150. The van der Waals surface area contributed by atoms with Crippen molar-refractivity contribution in [3.05, 3.63) is 61.3 Å². The van der Waals surface area contributed by atoms with Gasteiger partial charge in [0, 0.05) is 13.0 Å². The van der Waals surface area contributed by atoms with Crippen LogP contribution in [0, 0.1) is 5.82 Å². The second-order valence-corrected chi connectivity index (χ2v) is 6.02. The Kier molecular flexibility index (Phi) is 5.99. The van der Waals surface area contributed by atoms with Gasteiger partial charge in [0.1, 0.15) is 29.5 Å². The summed E-state index contributed by atoms with van der Waals surface area (Å²) >= 11 is 0. The Hall–Kier alpha value is -3.90. The van der Waals surface area contributed by atoms with Gasteiger partial charge in [-0.2, -0.15) is 0 Å². The highest BCUT2D eigenvalue weighted by atomic mass is 19.3. The predicted octanol–water partition coefficient (Wildman–Crippen LogP) is 1.24. The van der Waals surface area contributed by atoms with Gasteiger partial charge >= 0.3 is 0 Å². The first-order chi connectivity index (χ1) is 14.3. The van der Waals surface area contributed by atoms with Crippen LogP contribution in [0.25, 0.3) is 0 Å². The smallest absolute Gasteiger partial charge is 0.285 e. The molecule has 30 heavy (non-hydrogen) atoms. The summed E-state index contributed by atoms with van der Waals surface area (Å²) in [7, 11) is 0. The normalized spacial score (nSPS) is 11.9. The molecule has 0 fully saturated rings. The fourth-order valence-corrected chi connectivity index (χ4v) is 2.59. The number of oxime groups is 1. The highest BCUT2D eigenvalue weighted by molar-refractivity contribution is 6.01. The van der Waals surface area contributed by atoms with Gasteiger partial charge in [-0.1, -0.05) is 11.2 Å². The van der Waals surface area contributed by atoms with Crippen molar-refractivity contribution in [3.8, 4) is 5.88 Å². The molecular weight excluding hydrogens is 411 g/mol. The van der Waals surface area contributed by atoms with E-state index >= 15 is 0 Å². The molecule has 0 spiro atoms. The molecule has 0 saturated heterocycles. The van der Waals surface area contributed by atoms with Crippen LogP contribution in [-0.2, 0) is 6.42 Å². The fourth-order valence-electron chi connectivity index (χ4n) is 2.59. The molecule has 10 nitrogen and oxygen atoms in total. The molecule has 0 aliphatic carbocycles. The molecule has 1 heterocycles. The van der Waals surface area contributed by atoms with Gasteiger partial charge in [-0.05, 0) is 28.0 Å². The third kappa shape index (κ3) is 4.09. The van der Waals surface area contributed by atoms with Crippen LogP contribution in [0.5, 0.6) is 5.88 Å². The molecule has 4 N–H and O–H groups in total. The minimum Gasteiger partial charge on any atom is -0.472 e. The van der Waals surface area contributed by atoms with Crippen molar-refractivity contribution in [2.45, 2.75) is 12.8 Å². The molecule has 0 bridgehead atoms. The lowest BCUT2D eigenvalue weighted by atomic mass is 10.0. The topological polar surface area (TPSA) is 153 Å². The van der Waals surface area contributed by atoms with Gasteiger partial charge in [-0.15, -0.1) is 0 Å². The first kappa shape index (κ1) is 20.8. The average Bonchev–Trinajstić information content (AvgIpc) is 3.20. The fraction of sp³-hybridized carbons (Fsp3) is 0.235. The highest BCUT2D eigenvalue weighted by Gasteiger charge is 2.21. The largest absolute Gasteiger partial charge is 0.472 e. The molecule has 0 saturated carbocycles. The number of nitrogens with one attached hydrogen (secondary N) is 1. The summed E-state index contributed by atoms with van der Waals surface area (Å²) in [5, 5.41) is 22.0. The Morgan fingerprint density at radius 1 is 1.30 bits per heavy atom. The molecule has 0 aliphatic rings. The molecular formula is C17H14F3N5O5. The summed E-state index contributed by atoms with van der Waals surface area (Å²) in [4.78, 5) is 22.3. The number of nitrogens with zero attached hydrogens (tertiary/aromatic N) is 3. The Labute approximate surface area is 165 Å². The lowest BCUT2D eigenvalue weighted by Gasteiger charge is -2.10. The van der Waals surface area contributed by atoms with Crippen LogP contribution in [0.2, 0.25) is 0 Å². The molecule has 13 heteroatoms. The molecule has 0 radical (unpaired) electrons. The molecule has 0 atom stereocenters. The van der Waals surface area contributed by atoms with E-state index in [4.69, 9.17) is 10.5 Å². The van der Waals surface area contributed by atoms with Crippen molar-refractivity contribution in [1.82, 2.24) is 10.3 Å². The number of nitrogen functional groups attached to an aromatic ring is 1. The minimum atomic E-state index is -3.01. The predicted molar refractivity (Wildman–Crippen MR) is 97.4 cm³/mol. The van der Waals surface area contributed by atoms with E-state index in [1.165, 1.54) is 6.07 Å². The molecule has 0 amide bonds. The minimum absolute atomic E-state index is 0.00847. The number of hydrogen-bond acceptors (Lipinski definition) is 10. The van der Waals surface area contributed by atoms with Gasteiger partial charge in [-0.3, -0.25) is 9.59 Å². The summed E-state index contributed by atoms with van der Waals surface area (Å²) in [6, 6.07) is 3.07. The summed E-state index contributed by atoms with van der Waals surface area (Å²) in [6.07, 6.45) is -3.21. The Morgan fingerprint density at radius 3 is 2.73 bits per heavy atom. The maximum atomic E-state index is 13.4. The van der Waals surface area contributed by atoms with Gasteiger partial charge in [0.05, 0.1) is 5.56 Å². The van der Waals surface area contributed by atoms with Crippen LogP contribution in [0.3, 0.4) is 0 Å². The summed E-state index contributed by atoms with van der Waals surface area (Å²) in [6.45, 7) is 0.00686. The van der Waals surface area contributed by atoms with Gasteiger partial charge < -0.3 is 21.0 Å². The third-order valence-electron chi connectivity index (χ3n) is 4.11. The number of aromatic nitrogens is 2. The second kappa shape index (κ2) is 8.63. The van der Waals surface area contributed by atoms with Crippen molar-refractivity contribution in [2.24, 2.45) is 5.16 Å². The van der Waals surface area contributed by atoms with E-state index < -0.39 is 28.7 Å². The number of alkyl halides is 2. The molecule has 3 aromatic rings. The van der Waals surface area contributed by atoms with Gasteiger partial charge in [0.25, 0.3) is 23.2 Å². The summed E-state index contributed by atoms with van der Waals surface area (Å²) in [5.74, 6) is -1.22. The van der Waals surface area contributed by atoms with E-state index in [0.29, 0.717) is 0 Å². The van der Waals surface area contributed by atoms with Crippen LogP contribution in [-0.4, -0.2) is 34.4 Å². The molecule has 1 aromatic heterocycles. The quantitative estimate of drug-likeness (QED) is 0.151. The number of halogens is 3. The van der Waals surface area contributed by atoms with Crippen LogP contribution >= 0.6 is 0 Å². The average molecular weight is 425 g/mol. The third-order valence-corrected chi connectivity index (χ3v) is 4.11. The lowest BCUT2D eigenvalue weighted by Crippen LogP contribution is -2.37. The maximum absolute atomic E-state index is 13.4. The number of benzene rings is 1. The second-order valence-electron chi connectivity index (χ2n) is 6.02. The molecule has 158 valence electrons. The van der Waals surface area contributed by atoms with Crippen LogP contribution in [0.15, 0.2) is 37.6 Å².